The smallest absolute Gasteiger partial charge is 0.413 e. The zero-order valence-corrected chi connectivity index (χ0v) is 15.8. The van der Waals surface area contributed by atoms with Crippen LogP contribution in [0.3, 0.4) is 0 Å². The number of nitrogens with one attached hydrogen (secondary N) is 3. The van der Waals surface area contributed by atoms with Crippen LogP contribution < -0.4 is 16.0 Å². The predicted octanol–water partition coefficient (Wildman–Crippen LogP) is 3.15. The van der Waals surface area contributed by atoms with Crippen LogP contribution in [0.2, 0.25) is 0 Å². The highest BCUT2D eigenvalue weighted by Gasteiger charge is 2.14. The standard InChI is InChI=1S/C18H16ClN3O4S/c1-26-18(25)22-17(27)21-14-9-12(7-8-13(14)20-15(23)10-19)16(24)11-5-3-2-4-6-11/h2-9H,10H2,1H3,(H,20,23)(H2,21,22,25,27). The van der Waals surface area contributed by atoms with Crippen molar-refractivity contribution in [1.82, 2.24) is 5.32 Å². The average Bonchev–Trinajstić information content (AvgIpc) is 2.69. The molecular weight excluding hydrogens is 390 g/mol. The first-order valence-corrected chi connectivity index (χ1v) is 8.64. The van der Waals surface area contributed by atoms with Gasteiger partial charge in [0.05, 0.1) is 18.5 Å². The lowest BCUT2D eigenvalue weighted by molar-refractivity contribution is -0.113. The van der Waals surface area contributed by atoms with E-state index < -0.39 is 12.0 Å². The minimum atomic E-state index is -0.754. The normalized spacial score (nSPS) is 9.85. The number of alkyl halides is 1. The van der Waals surface area contributed by atoms with E-state index in [1.165, 1.54) is 13.2 Å². The van der Waals surface area contributed by atoms with Gasteiger partial charge in [-0.05, 0) is 30.4 Å². The van der Waals surface area contributed by atoms with Crippen LogP contribution in [0, 0.1) is 0 Å². The number of benzene rings is 2. The first-order chi connectivity index (χ1) is 12.9. The van der Waals surface area contributed by atoms with E-state index in [1.54, 1.807) is 36.4 Å². The Balaban J connectivity index is 2.33. The van der Waals surface area contributed by atoms with Gasteiger partial charge in [0.25, 0.3) is 0 Å². The Kier molecular flexibility index (Phi) is 7.27. The molecule has 0 aliphatic rings. The van der Waals surface area contributed by atoms with Gasteiger partial charge in [-0.3, -0.25) is 14.9 Å². The van der Waals surface area contributed by atoms with Gasteiger partial charge < -0.3 is 15.4 Å². The van der Waals surface area contributed by atoms with Crippen molar-refractivity contribution < 1.29 is 19.1 Å². The number of thiocarbonyl (C=S) groups is 1. The zero-order chi connectivity index (χ0) is 19.8. The SMILES string of the molecule is COC(=O)NC(=S)Nc1cc(C(=O)c2ccccc2)ccc1NC(=O)CCl. The fourth-order valence-electron chi connectivity index (χ4n) is 2.14. The summed E-state index contributed by atoms with van der Waals surface area (Å²) in [7, 11) is 1.20. The monoisotopic (exact) mass is 405 g/mol. The Labute approximate surface area is 166 Å². The molecule has 27 heavy (non-hydrogen) atoms. The Hall–Kier alpha value is -2.97. The first-order valence-electron chi connectivity index (χ1n) is 7.70. The van der Waals surface area contributed by atoms with Crippen LogP contribution in [0.15, 0.2) is 48.5 Å². The molecule has 0 aliphatic carbocycles. The van der Waals surface area contributed by atoms with E-state index in [0.717, 1.165) is 0 Å². The molecule has 0 heterocycles. The minimum absolute atomic E-state index is 0.0625. The molecule has 0 atom stereocenters. The summed E-state index contributed by atoms with van der Waals surface area (Å²) in [5.74, 6) is -0.885. The largest absolute Gasteiger partial charge is 0.453 e. The second kappa shape index (κ2) is 9.65. The number of alkyl carbamates (subject to hydrolysis) is 1. The second-order valence-electron chi connectivity index (χ2n) is 5.21. The minimum Gasteiger partial charge on any atom is -0.453 e. The van der Waals surface area contributed by atoms with Crippen LogP contribution in [0.25, 0.3) is 0 Å². The molecule has 0 aromatic heterocycles. The predicted molar refractivity (Wildman–Crippen MR) is 107 cm³/mol. The summed E-state index contributed by atoms with van der Waals surface area (Å²) in [6.07, 6.45) is -0.754. The highest BCUT2D eigenvalue weighted by Crippen LogP contribution is 2.25. The van der Waals surface area contributed by atoms with Gasteiger partial charge in [-0.15, -0.1) is 11.6 Å². The topological polar surface area (TPSA) is 96.5 Å². The van der Waals surface area contributed by atoms with Crippen LogP contribution in [0.1, 0.15) is 15.9 Å². The summed E-state index contributed by atoms with van der Waals surface area (Å²) in [6, 6.07) is 13.4. The fraction of sp³-hybridized carbons (Fsp3) is 0.111. The molecule has 2 rings (SSSR count). The molecule has 0 bridgehead atoms. The van der Waals surface area contributed by atoms with Crippen molar-refractivity contribution in [3.63, 3.8) is 0 Å². The third kappa shape index (κ3) is 5.77. The summed E-state index contributed by atoms with van der Waals surface area (Å²) < 4.78 is 4.47. The first kappa shape index (κ1) is 20.3. The van der Waals surface area contributed by atoms with Gasteiger partial charge in [0.2, 0.25) is 5.91 Å². The molecule has 9 heteroatoms. The third-order valence-corrected chi connectivity index (χ3v) is 3.81. The molecule has 0 unspecified atom stereocenters. The van der Waals surface area contributed by atoms with Crippen LogP contribution in [0.5, 0.6) is 0 Å². The molecule has 2 aromatic rings. The van der Waals surface area contributed by atoms with Crippen molar-refractivity contribution in [2.75, 3.05) is 23.6 Å². The number of amides is 2. The summed E-state index contributed by atoms with van der Waals surface area (Å²) in [6.45, 7) is 0. The van der Waals surface area contributed by atoms with Gasteiger partial charge in [0.15, 0.2) is 10.9 Å². The summed E-state index contributed by atoms with van der Waals surface area (Å²) in [4.78, 5) is 35.5. The van der Waals surface area contributed by atoms with Crippen LogP contribution in [0.4, 0.5) is 16.2 Å². The number of methoxy groups -OCH3 is 1. The molecule has 3 N–H and O–H groups in total. The highest BCUT2D eigenvalue weighted by molar-refractivity contribution is 7.80. The summed E-state index contributed by atoms with van der Waals surface area (Å²) >= 11 is 10.6. The number of carbonyl (C=O) groups is 3. The van der Waals surface area contributed by atoms with Crippen molar-refractivity contribution in [1.29, 1.82) is 0 Å². The van der Waals surface area contributed by atoms with Crippen molar-refractivity contribution in [2.45, 2.75) is 0 Å². The molecular formula is C18H16ClN3O4S. The maximum Gasteiger partial charge on any atom is 0.413 e. The number of halogens is 1. The second-order valence-corrected chi connectivity index (χ2v) is 5.88. The lowest BCUT2D eigenvalue weighted by Crippen LogP contribution is -2.34. The molecule has 0 fully saturated rings. The van der Waals surface area contributed by atoms with Crippen molar-refractivity contribution in [2.24, 2.45) is 0 Å². The van der Waals surface area contributed by atoms with E-state index >= 15 is 0 Å². The van der Waals surface area contributed by atoms with Crippen LogP contribution >= 0.6 is 23.8 Å². The van der Waals surface area contributed by atoms with Gasteiger partial charge in [0.1, 0.15) is 5.88 Å². The molecule has 0 aliphatic heterocycles. The van der Waals surface area contributed by atoms with E-state index in [0.29, 0.717) is 22.5 Å². The average molecular weight is 406 g/mol. The van der Waals surface area contributed by atoms with E-state index in [9.17, 15) is 14.4 Å². The molecule has 0 radical (unpaired) electrons. The van der Waals surface area contributed by atoms with E-state index in [-0.39, 0.29) is 16.8 Å². The number of ether oxygens (including phenoxy) is 1. The maximum absolute atomic E-state index is 12.6. The van der Waals surface area contributed by atoms with Crippen molar-refractivity contribution >= 4 is 58.1 Å². The molecule has 0 saturated heterocycles. The Bertz CT molecular complexity index is 874. The molecule has 7 nitrogen and oxygen atoms in total. The number of anilines is 2. The molecule has 140 valence electrons. The lowest BCUT2D eigenvalue weighted by atomic mass is 10.0. The zero-order valence-electron chi connectivity index (χ0n) is 14.2. The van der Waals surface area contributed by atoms with Crippen molar-refractivity contribution in [3.8, 4) is 0 Å². The summed E-state index contributed by atoms with van der Waals surface area (Å²) in [5.41, 5.74) is 1.54. The van der Waals surface area contributed by atoms with E-state index in [4.69, 9.17) is 23.8 Å². The Morgan fingerprint density at radius 1 is 1.00 bits per heavy atom. The number of hydrogen-bond donors (Lipinski definition) is 3. The third-order valence-electron chi connectivity index (χ3n) is 3.36. The van der Waals surface area contributed by atoms with Gasteiger partial charge >= 0.3 is 6.09 Å². The molecule has 2 amide bonds. The quantitative estimate of drug-likeness (QED) is 0.401. The van der Waals surface area contributed by atoms with Gasteiger partial charge in [-0.25, -0.2) is 4.79 Å². The van der Waals surface area contributed by atoms with E-state index in [1.807, 2.05) is 6.07 Å². The van der Waals surface area contributed by atoms with Gasteiger partial charge in [0, 0.05) is 11.1 Å². The molecule has 0 spiro atoms. The van der Waals surface area contributed by atoms with Gasteiger partial charge in [-0.1, -0.05) is 30.3 Å². The Morgan fingerprint density at radius 3 is 2.33 bits per heavy atom. The molecule has 2 aromatic carbocycles. The fourth-order valence-corrected chi connectivity index (χ4v) is 2.40. The van der Waals surface area contributed by atoms with Gasteiger partial charge in [-0.2, -0.15) is 0 Å². The van der Waals surface area contributed by atoms with Crippen molar-refractivity contribution in [3.05, 3.63) is 59.7 Å². The number of carbonyl (C=O) groups excluding carboxylic acids is 3. The Morgan fingerprint density at radius 2 is 1.70 bits per heavy atom. The number of rotatable bonds is 5. The van der Waals surface area contributed by atoms with Crippen LogP contribution in [-0.4, -0.2) is 35.9 Å². The highest BCUT2D eigenvalue weighted by atomic mass is 35.5. The maximum atomic E-state index is 12.6. The van der Waals surface area contributed by atoms with E-state index in [2.05, 4.69) is 20.7 Å². The molecule has 0 saturated carbocycles. The summed E-state index contributed by atoms with van der Waals surface area (Å²) in [5, 5.41) is 7.58. The lowest BCUT2D eigenvalue weighted by Gasteiger charge is -2.15. The van der Waals surface area contributed by atoms with Crippen LogP contribution in [-0.2, 0) is 9.53 Å². The number of hydrogen-bond acceptors (Lipinski definition) is 5. The number of ketones is 1.